The number of pyridine rings is 1. The summed E-state index contributed by atoms with van der Waals surface area (Å²) in [6, 6.07) is 3.55. The average Bonchev–Trinajstić information content (AvgIpc) is 3.01. The van der Waals surface area contributed by atoms with Gasteiger partial charge in [0.15, 0.2) is 0 Å². The van der Waals surface area contributed by atoms with Gasteiger partial charge in [-0.2, -0.15) is 5.10 Å². The standard InChI is InChI=1S/C14H18N6O/c1-19-4-6-20(7-5-19)13-8-11(2-3-15-13)14(21)18-12-9-16-17-10-12/h2-3,8-10H,4-7H2,1H3,(H,16,17)(H,18,21). The fraction of sp³-hybridized carbons (Fsp3) is 0.357. The molecule has 0 spiro atoms. The molecule has 0 atom stereocenters. The number of rotatable bonds is 3. The van der Waals surface area contributed by atoms with E-state index < -0.39 is 0 Å². The molecule has 3 rings (SSSR count). The van der Waals surface area contributed by atoms with Gasteiger partial charge < -0.3 is 15.1 Å². The van der Waals surface area contributed by atoms with Gasteiger partial charge >= 0.3 is 0 Å². The van der Waals surface area contributed by atoms with Crippen molar-refractivity contribution in [2.45, 2.75) is 0 Å². The second-order valence-corrected chi connectivity index (χ2v) is 5.13. The van der Waals surface area contributed by atoms with Crippen LogP contribution in [-0.2, 0) is 0 Å². The van der Waals surface area contributed by atoms with E-state index in [1.165, 1.54) is 0 Å². The van der Waals surface area contributed by atoms with E-state index in [2.05, 4.69) is 37.3 Å². The summed E-state index contributed by atoms with van der Waals surface area (Å²) in [7, 11) is 2.11. The van der Waals surface area contributed by atoms with E-state index in [0.717, 1.165) is 32.0 Å². The largest absolute Gasteiger partial charge is 0.354 e. The average molecular weight is 286 g/mol. The molecule has 1 fully saturated rings. The van der Waals surface area contributed by atoms with Crippen LogP contribution in [0, 0.1) is 0 Å². The lowest BCUT2D eigenvalue weighted by molar-refractivity contribution is 0.102. The van der Waals surface area contributed by atoms with Crippen molar-refractivity contribution in [2.75, 3.05) is 43.4 Å². The van der Waals surface area contributed by atoms with Gasteiger partial charge in [-0.3, -0.25) is 9.89 Å². The Morgan fingerprint density at radius 3 is 2.86 bits per heavy atom. The lowest BCUT2D eigenvalue weighted by Crippen LogP contribution is -2.44. The number of hydrogen-bond donors (Lipinski definition) is 2. The Kier molecular flexibility index (Phi) is 3.83. The van der Waals surface area contributed by atoms with Crippen LogP contribution >= 0.6 is 0 Å². The highest BCUT2D eigenvalue weighted by atomic mass is 16.1. The monoisotopic (exact) mass is 286 g/mol. The fourth-order valence-corrected chi connectivity index (χ4v) is 2.29. The number of aromatic amines is 1. The Bertz CT molecular complexity index is 604. The molecule has 1 amide bonds. The van der Waals surface area contributed by atoms with E-state index >= 15 is 0 Å². The summed E-state index contributed by atoms with van der Waals surface area (Å²) >= 11 is 0. The first-order valence-electron chi connectivity index (χ1n) is 6.92. The number of nitrogens with zero attached hydrogens (tertiary/aromatic N) is 4. The van der Waals surface area contributed by atoms with Crippen molar-refractivity contribution in [3.63, 3.8) is 0 Å². The van der Waals surface area contributed by atoms with Gasteiger partial charge in [-0.1, -0.05) is 0 Å². The van der Waals surface area contributed by atoms with Gasteiger partial charge in [-0.05, 0) is 19.2 Å². The molecule has 2 aromatic heterocycles. The summed E-state index contributed by atoms with van der Waals surface area (Å²) in [6.07, 6.45) is 4.89. The molecule has 0 saturated carbocycles. The molecular formula is C14H18N6O. The predicted molar refractivity (Wildman–Crippen MR) is 80.5 cm³/mol. The number of nitrogens with one attached hydrogen (secondary N) is 2. The van der Waals surface area contributed by atoms with Gasteiger partial charge in [0.2, 0.25) is 0 Å². The number of hydrogen-bond acceptors (Lipinski definition) is 5. The summed E-state index contributed by atoms with van der Waals surface area (Å²) < 4.78 is 0. The molecule has 0 unspecified atom stereocenters. The highest BCUT2D eigenvalue weighted by Gasteiger charge is 2.16. The fourth-order valence-electron chi connectivity index (χ4n) is 2.29. The number of aromatic nitrogens is 3. The van der Waals surface area contributed by atoms with Crippen LogP contribution in [0.4, 0.5) is 11.5 Å². The molecular weight excluding hydrogens is 268 g/mol. The van der Waals surface area contributed by atoms with E-state index in [0.29, 0.717) is 11.3 Å². The molecule has 0 aliphatic carbocycles. The lowest BCUT2D eigenvalue weighted by Gasteiger charge is -2.33. The number of carbonyl (C=O) groups is 1. The molecule has 2 aromatic rings. The second-order valence-electron chi connectivity index (χ2n) is 5.13. The second kappa shape index (κ2) is 5.92. The van der Waals surface area contributed by atoms with Crippen LogP contribution in [-0.4, -0.2) is 59.2 Å². The summed E-state index contributed by atoms with van der Waals surface area (Å²) in [5.74, 6) is 0.692. The van der Waals surface area contributed by atoms with Gasteiger partial charge in [0.25, 0.3) is 5.91 Å². The van der Waals surface area contributed by atoms with Crippen molar-refractivity contribution in [3.05, 3.63) is 36.3 Å². The molecule has 0 radical (unpaired) electrons. The van der Waals surface area contributed by atoms with Crippen LogP contribution < -0.4 is 10.2 Å². The van der Waals surface area contributed by atoms with Crippen molar-refractivity contribution in [3.8, 4) is 0 Å². The van der Waals surface area contributed by atoms with Gasteiger partial charge in [-0.15, -0.1) is 0 Å². The van der Waals surface area contributed by atoms with Crippen LogP contribution in [0.3, 0.4) is 0 Å². The first-order chi connectivity index (χ1) is 10.2. The smallest absolute Gasteiger partial charge is 0.255 e. The highest BCUT2D eigenvalue weighted by molar-refractivity contribution is 6.04. The Morgan fingerprint density at radius 2 is 2.14 bits per heavy atom. The van der Waals surface area contributed by atoms with Crippen LogP contribution in [0.5, 0.6) is 0 Å². The summed E-state index contributed by atoms with van der Waals surface area (Å²) in [4.78, 5) is 21.1. The van der Waals surface area contributed by atoms with E-state index in [4.69, 9.17) is 0 Å². The van der Waals surface area contributed by atoms with Crippen LogP contribution in [0.2, 0.25) is 0 Å². The zero-order valence-electron chi connectivity index (χ0n) is 11.9. The predicted octanol–water partition coefficient (Wildman–Crippen LogP) is 0.809. The molecule has 7 heteroatoms. The summed E-state index contributed by atoms with van der Waals surface area (Å²) in [5.41, 5.74) is 1.25. The van der Waals surface area contributed by atoms with Crippen molar-refractivity contribution < 1.29 is 4.79 Å². The quantitative estimate of drug-likeness (QED) is 0.873. The molecule has 3 heterocycles. The van der Waals surface area contributed by atoms with Crippen molar-refractivity contribution in [1.82, 2.24) is 20.1 Å². The molecule has 1 aliphatic heterocycles. The van der Waals surface area contributed by atoms with Crippen molar-refractivity contribution >= 4 is 17.4 Å². The minimum Gasteiger partial charge on any atom is -0.354 e. The molecule has 7 nitrogen and oxygen atoms in total. The van der Waals surface area contributed by atoms with E-state index in [9.17, 15) is 4.79 Å². The zero-order valence-corrected chi connectivity index (χ0v) is 11.9. The summed E-state index contributed by atoms with van der Waals surface area (Å²) in [5, 5.41) is 9.25. The number of likely N-dealkylation sites (N-methyl/N-ethyl adjacent to an activating group) is 1. The number of carbonyl (C=O) groups excluding carboxylic acids is 1. The normalized spacial score (nSPS) is 16.0. The molecule has 0 aromatic carbocycles. The number of H-pyrrole nitrogens is 1. The van der Waals surface area contributed by atoms with Crippen LogP contribution in [0.15, 0.2) is 30.7 Å². The van der Waals surface area contributed by atoms with E-state index in [1.807, 2.05) is 6.07 Å². The molecule has 21 heavy (non-hydrogen) atoms. The topological polar surface area (TPSA) is 77.1 Å². The zero-order chi connectivity index (χ0) is 14.7. The maximum absolute atomic E-state index is 12.2. The highest BCUT2D eigenvalue weighted by Crippen LogP contribution is 2.15. The van der Waals surface area contributed by atoms with Gasteiger partial charge in [-0.25, -0.2) is 4.98 Å². The molecule has 1 aliphatic rings. The number of piperazine rings is 1. The van der Waals surface area contributed by atoms with E-state index in [1.54, 1.807) is 24.7 Å². The van der Waals surface area contributed by atoms with Gasteiger partial charge in [0.1, 0.15) is 5.82 Å². The third kappa shape index (κ3) is 3.19. The Hall–Kier alpha value is -2.41. The van der Waals surface area contributed by atoms with Gasteiger partial charge in [0, 0.05) is 44.1 Å². The first-order valence-corrected chi connectivity index (χ1v) is 6.92. The Labute approximate surface area is 123 Å². The van der Waals surface area contributed by atoms with Gasteiger partial charge in [0.05, 0.1) is 11.9 Å². The number of anilines is 2. The maximum Gasteiger partial charge on any atom is 0.255 e. The van der Waals surface area contributed by atoms with Crippen molar-refractivity contribution in [1.29, 1.82) is 0 Å². The minimum atomic E-state index is -0.158. The van der Waals surface area contributed by atoms with Crippen LogP contribution in [0.25, 0.3) is 0 Å². The first kappa shape index (κ1) is 13.6. The molecule has 0 bridgehead atoms. The third-order valence-corrected chi connectivity index (χ3v) is 3.59. The maximum atomic E-state index is 12.2. The molecule has 1 saturated heterocycles. The molecule has 2 N–H and O–H groups in total. The minimum absolute atomic E-state index is 0.158. The van der Waals surface area contributed by atoms with Crippen LogP contribution in [0.1, 0.15) is 10.4 Å². The summed E-state index contributed by atoms with van der Waals surface area (Å²) in [6.45, 7) is 3.87. The Balaban J connectivity index is 1.72. The number of amides is 1. The SMILES string of the molecule is CN1CCN(c2cc(C(=O)Nc3cn[nH]c3)ccn2)CC1. The third-order valence-electron chi connectivity index (χ3n) is 3.59. The molecule has 110 valence electrons. The lowest BCUT2D eigenvalue weighted by atomic mass is 10.2. The Morgan fingerprint density at radius 1 is 1.33 bits per heavy atom. The van der Waals surface area contributed by atoms with E-state index in [-0.39, 0.29) is 5.91 Å². The van der Waals surface area contributed by atoms with Crippen molar-refractivity contribution in [2.24, 2.45) is 0 Å².